The first-order chi connectivity index (χ1) is 10.1. The van der Waals surface area contributed by atoms with Gasteiger partial charge in [-0.3, -0.25) is 9.89 Å². The molecule has 1 amide bonds. The summed E-state index contributed by atoms with van der Waals surface area (Å²) in [6.45, 7) is 0. The highest BCUT2D eigenvalue weighted by Gasteiger charge is 2.16. The molecule has 1 aromatic heterocycles. The normalized spacial score (nSPS) is 10.8. The zero-order valence-electron chi connectivity index (χ0n) is 10.5. The van der Waals surface area contributed by atoms with E-state index in [1.54, 1.807) is 24.3 Å². The summed E-state index contributed by atoms with van der Waals surface area (Å²) in [5, 5.41) is 9.37. The van der Waals surface area contributed by atoms with Gasteiger partial charge in [-0.2, -0.15) is 5.10 Å². The summed E-state index contributed by atoms with van der Waals surface area (Å²) >= 11 is 0. The minimum Gasteiger partial charge on any atom is -0.320 e. The number of amides is 1. The van der Waals surface area contributed by atoms with Gasteiger partial charge in [0.15, 0.2) is 23.1 Å². The number of hydrogen-bond donors (Lipinski definition) is 2. The third-order valence-corrected chi connectivity index (χ3v) is 2.93. The first kappa shape index (κ1) is 13.2. The molecule has 0 spiro atoms. The number of nitrogens with zero attached hydrogens (tertiary/aromatic N) is 1. The van der Waals surface area contributed by atoms with Crippen molar-refractivity contribution in [3.8, 4) is 0 Å². The van der Waals surface area contributed by atoms with Crippen molar-refractivity contribution in [2.75, 3.05) is 5.32 Å². The number of fused-ring (bicyclic) bond motifs is 1. The Labute approximate surface area is 116 Å². The smallest absolute Gasteiger partial charge is 0.276 e. The average molecular weight is 291 g/mol. The number of benzene rings is 2. The molecule has 4 nitrogen and oxygen atoms in total. The van der Waals surface area contributed by atoms with Gasteiger partial charge in [0.05, 0.1) is 5.52 Å². The highest BCUT2D eigenvalue weighted by Crippen LogP contribution is 2.20. The molecule has 3 aromatic rings. The Kier molecular flexibility index (Phi) is 3.09. The second-order valence-corrected chi connectivity index (χ2v) is 4.33. The minimum absolute atomic E-state index is 0.0794. The predicted molar refractivity (Wildman–Crippen MR) is 70.4 cm³/mol. The van der Waals surface area contributed by atoms with Crippen LogP contribution in [0.15, 0.2) is 36.4 Å². The number of nitrogens with one attached hydrogen (secondary N) is 2. The molecule has 21 heavy (non-hydrogen) atoms. The third-order valence-electron chi connectivity index (χ3n) is 2.93. The van der Waals surface area contributed by atoms with Gasteiger partial charge in [0.2, 0.25) is 0 Å². The largest absolute Gasteiger partial charge is 0.320 e. The van der Waals surface area contributed by atoms with E-state index in [1.807, 2.05) is 0 Å². The lowest BCUT2D eigenvalue weighted by Crippen LogP contribution is -2.13. The first-order valence-electron chi connectivity index (χ1n) is 5.95. The Bertz CT molecular complexity index is 821. The van der Waals surface area contributed by atoms with Crippen LogP contribution in [0.5, 0.6) is 0 Å². The Morgan fingerprint density at radius 3 is 2.48 bits per heavy atom. The van der Waals surface area contributed by atoms with E-state index >= 15 is 0 Å². The Hall–Kier alpha value is -2.83. The summed E-state index contributed by atoms with van der Waals surface area (Å²) in [5.74, 6) is -4.99. The average Bonchev–Trinajstić information content (AvgIpc) is 2.88. The Morgan fingerprint density at radius 2 is 1.76 bits per heavy atom. The Morgan fingerprint density at radius 1 is 1.10 bits per heavy atom. The van der Waals surface area contributed by atoms with E-state index in [0.29, 0.717) is 23.0 Å². The second-order valence-electron chi connectivity index (χ2n) is 4.33. The van der Waals surface area contributed by atoms with Gasteiger partial charge in [0.1, 0.15) is 0 Å². The fourth-order valence-electron chi connectivity index (χ4n) is 1.95. The number of carbonyl (C=O) groups is 1. The fourth-order valence-corrected chi connectivity index (χ4v) is 1.95. The second kappa shape index (κ2) is 4.93. The summed E-state index contributed by atoms with van der Waals surface area (Å²) in [4.78, 5) is 12.1. The number of hydrogen-bond acceptors (Lipinski definition) is 2. The van der Waals surface area contributed by atoms with Crippen molar-refractivity contribution in [3.63, 3.8) is 0 Å². The van der Waals surface area contributed by atoms with Crippen LogP contribution in [0.3, 0.4) is 0 Å². The quantitative estimate of drug-likeness (QED) is 0.712. The maximum Gasteiger partial charge on any atom is 0.276 e. The monoisotopic (exact) mass is 291 g/mol. The summed E-state index contributed by atoms with van der Waals surface area (Å²) in [6, 6.07) is 8.31. The van der Waals surface area contributed by atoms with E-state index in [2.05, 4.69) is 15.5 Å². The molecule has 0 fully saturated rings. The third kappa shape index (κ3) is 2.33. The van der Waals surface area contributed by atoms with E-state index in [0.717, 1.165) is 0 Å². The maximum atomic E-state index is 13.1. The van der Waals surface area contributed by atoms with Crippen molar-refractivity contribution in [2.24, 2.45) is 0 Å². The van der Waals surface area contributed by atoms with Gasteiger partial charge < -0.3 is 5.32 Å². The molecule has 0 atom stereocenters. The van der Waals surface area contributed by atoms with Crippen LogP contribution >= 0.6 is 0 Å². The number of halogens is 3. The summed E-state index contributed by atoms with van der Waals surface area (Å²) in [7, 11) is 0. The van der Waals surface area contributed by atoms with E-state index in [9.17, 15) is 18.0 Å². The maximum absolute atomic E-state index is 13.1. The van der Waals surface area contributed by atoms with Crippen LogP contribution in [0.25, 0.3) is 10.9 Å². The number of para-hydroxylation sites is 1. The molecule has 0 aliphatic carbocycles. The van der Waals surface area contributed by atoms with Crippen LogP contribution in [0, 0.1) is 17.5 Å². The number of anilines is 1. The number of rotatable bonds is 2. The number of carbonyl (C=O) groups excluding carboxylic acids is 1. The fraction of sp³-hybridized carbons (Fsp3) is 0. The standard InChI is InChI=1S/C14H8F3N3O/c15-9-5-7(6-10(16)12(9)17)18-14(21)13-8-3-1-2-4-11(8)19-20-13/h1-6H,(H,18,21)(H,19,20). The molecule has 0 saturated heterocycles. The summed E-state index contributed by atoms with van der Waals surface area (Å²) < 4.78 is 39.0. The van der Waals surface area contributed by atoms with E-state index in [1.165, 1.54) is 0 Å². The van der Waals surface area contributed by atoms with Gasteiger partial charge in [-0.05, 0) is 6.07 Å². The van der Waals surface area contributed by atoms with Crippen LogP contribution < -0.4 is 5.32 Å². The number of H-pyrrole nitrogens is 1. The molecular weight excluding hydrogens is 283 g/mol. The Balaban J connectivity index is 1.93. The van der Waals surface area contributed by atoms with E-state index in [4.69, 9.17) is 0 Å². The highest BCUT2D eigenvalue weighted by atomic mass is 19.2. The molecule has 0 aliphatic rings. The lowest BCUT2D eigenvalue weighted by atomic mass is 10.2. The van der Waals surface area contributed by atoms with Crippen LogP contribution in [0.4, 0.5) is 18.9 Å². The van der Waals surface area contributed by atoms with Crippen molar-refractivity contribution >= 4 is 22.5 Å². The van der Waals surface area contributed by atoms with Crippen molar-refractivity contribution in [1.82, 2.24) is 10.2 Å². The topological polar surface area (TPSA) is 57.8 Å². The zero-order chi connectivity index (χ0) is 15.0. The molecule has 0 unspecified atom stereocenters. The van der Waals surface area contributed by atoms with Gasteiger partial charge in [-0.1, -0.05) is 18.2 Å². The molecule has 3 rings (SSSR count). The molecule has 2 N–H and O–H groups in total. The van der Waals surface area contributed by atoms with E-state index in [-0.39, 0.29) is 11.4 Å². The van der Waals surface area contributed by atoms with Crippen LogP contribution in [-0.2, 0) is 0 Å². The van der Waals surface area contributed by atoms with Crippen LogP contribution in [0.2, 0.25) is 0 Å². The highest BCUT2D eigenvalue weighted by molar-refractivity contribution is 6.11. The zero-order valence-corrected chi connectivity index (χ0v) is 10.5. The van der Waals surface area contributed by atoms with Crippen molar-refractivity contribution in [3.05, 3.63) is 59.5 Å². The molecule has 7 heteroatoms. The van der Waals surface area contributed by atoms with Gasteiger partial charge >= 0.3 is 0 Å². The molecular formula is C14H8F3N3O. The molecule has 0 bridgehead atoms. The summed E-state index contributed by atoms with van der Waals surface area (Å²) in [6.07, 6.45) is 0. The molecule has 1 heterocycles. The lowest BCUT2D eigenvalue weighted by molar-refractivity contribution is 0.102. The minimum atomic E-state index is -1.58. The number of aromatic amines is 1. The van der Waals surface area contributed by atoms with Crippen LogP contribution in [0.1, 0.15) is 10.5 Å². The van der Waals surface area contributed by atoms with Crippen molar-refractivity contribution < 1.29 is 18.0 Å². The molecule has 0 radical (unpaired) electrons. The van der Waals surface area contributed by atoms with E-state index < -0.39 is 23.4 Å². The van der Waals surface area contributed by atoms with Gasteiger partial charge in [-0.15, -0.1) is 0 Å². The molecule has 106 valence electrons. The van der Waals surface area contributed by atoms with Gasteiger partial charge in [0.25, 0.3) is 5.91 Å². The van der Waals surface area contributed by atoms with Gasteiger partial charge in [0, 0.05) is 23.2 Å². The summed E-state index contributed by atoms with van der Waals surface area (Å²) in [5.41, 5.74) is 0.540. The SMILES string of the molecule is O=C(Nc1cc(F)c(F)c(F)c1)c1n[nH]c2ccccc12. The molecule has 0 saturated carbocycles. The number of aromatic nitrogens is 2. The van der Waals surface area contributed by atoms with Crippen molar-refractivity contribution in [1.29, 1.82) is 0 Å². The van der Waals surface area contributed by atoms with Crippen molar-refractivity contribution in [2.45, 2.75) is 0 Å². The predicted octanol–water partition coefficient (Wildman–Crippen LogP) is 3.23. The van der Waals surface area contributed by atoms with Gasteiger partial charge in [-0.25, -0.2) is 13.2 Å². The van der Waals surface area contributed by atoms with Crippen LogP contribution in [-0.4, -0.2) is 16.1 Å². The lowest BCUT2D eigenvalue weighted by Gasteiger charge is -2.05. The molecule has 0 aliphatic heterocycles. The first-order valence-corrected chi connectivity index (χ1v) is 5.95. The molecule has 2 aromatic carbocycles.